The van der Waals surface area contributed by atoms with Crippen LogP contribution in [0.1, 0.15) is 48.0 Å². The molecule has 0 aliphatic carbocycles. The van der Waals surface area contributed by atoms with E-state index in [1.165, 1.54) is 6.20 Å². The maximum Gasteiger partial charge on any atom is 0.257 e. The fourth-order valence-corrected chi connectivity index (χ4v) is 5.40. The van der Waals surface area contributed by atoms with E-state index in [0.717, 1.165) is 5.56 Å². The molecular formula is C24H29Cl2N5O3. The summed E-state index contributed by atoms with van der Waals surface area (Å²) in [6, 6.07) is 5.38. The Balaban J connectivity index is 1.54. The average Bonchev–Trinajstić information content (AvgIpc) is 3.39. The second-order valence-corrected chi connectivity index (χ2v) is 9.92. The van der Waals surface area contributed by atoms with Crippen LogP contribution in [0.2, 0.25) is 10.0 Å². The van der Waals surface area contributed by atoms with E-state index >= 15 is 0 Å². The van der Waals surface area contributed by atoms with Crippen molar-refractivity contribution in [1.82, 2.24) is 24.9 Å². The molecule has 2 aliphatic heterocycles. The topological polar surface area (TPSA) is 89.6 Å². The standard InChI is InChI=1S/C24H29Cl2N5O3/c1-15(32)30-8-5-16(6-9-30)24(34)31-10-7-22(29(2)23(33)18-12-27-28-13-18)19(14-31)17-3-4-20(25)21(26)11-17/h3-4,11-13,16,19,22H,5-10,14H2,1-2H3,(H,27,28). The monoisotopic (exact) mass is 505 g/mol. The third-order valence-electron chi connectivity index (χ3n) is 7.11. The van der Waals surface area contributed by atoms with Crippen LogP contribution in [0.25, 0.3) is 0 Å². The molecule has 2 aliphatic rings. The second-order valence-electron chi connectivity index (χ2n) is 9.10. The van der Waals surface area contributed by atoms with Gasteiger partial charge in [-0.15, -0.1) is 0 Å². The largest absolute Gasteiger partial charge is 0.343 e. The lowest BCUT2D eigenvalue weighted by Crippen LogP contribution is -2.53. The first-order chi connectivity index (χ1) is 16.3. The number of aromatic nitrogens is 2. The molecule has 0 bridgehead atoms. The maximum absolute atomic E-state index is 13.4. The highest BCUT2D eigenvalue weighted by atomic mass is 35.5. The molecule has 3 amide bonds. The van der Waals surface area contributed by atoms with Crippen LogP contribution in [-0.4, -0.2) is 81.9 Å². The van der Waals surface area contributed by atoms with Crippen LogP contribution in [0.15, 0.2) is 30.6 Å². The Hall–Kier alpha value is -2.58. The Labute approximate surface area is 209 Å². The SMILES string of the molecule is CC(=O)N1CCC(C(=O)N2CCC(N(C)C(=O)c3cn[nH]c3)C(c3ccc(Cl)c(Cl)c3)C2)CC1. The molecule has 2 atom stereocenters. The Morgan fingerprint density at radius 3 is 2.38 bits per heavy atom. The van der Waals surface area contributed by atoms with Crippen LogP contribution in [-0.2, 0) is 9.59 Å². The summed E-state index contributed by atoms with van der Waals surface area (Å²) in [5.41, 5.74) is 1.43. The van der Waals surface area contributed by atoms with E-state index in [1.54, 1.807) is 36.0 Å². The highest BCUT2D eigenvalue weighted by Gasteiger charge is 2.39. The molecule has 0 spiro atoms. The Kier molecular flexibility index (Phi) is 7.48. The summed E-state index contributed by atoms with van der Waals surface area (Å²) in [5.74, 6) is -0.162. The van der Waals surface area contributed by atoms with E-state index in [9.17, 15) is 14.4 Å². The number of rotatable bonds is 4. The number of hydrogen-bond donors (Lipinski definition) is 1. The van der Waals surface area contributed by atoms with Gasteiger partial charge in [0.2, 0.25) is 11.8 Å². The van der Waals surface area contributed by atoms with Crippen molar-refractivity contribution in [2.24, 2.45) is 5.92 Å². The van der Waals surface area contributed by atoms with Crippen molar-refractivity contribution < 1.29 is 14.4 Å². The van der Waals surface area contributed by atoms with Crippen LogP contribution in [0.5, 0.6) is 0 Å². The van der Waals surface area contributed by atoms with Gasteiger partial charge >= 0.3 is 0 Å². The van der Waals surface area contributed by atoms with Crippen molar-refractivity contribution in [3.63, 3.8) is 0 Å². The van der Waals surface area contributed by atoms with Crippen LogP contribution in [0.4, 0.5) is 0 Å². The molecule has 0 saturated carbocycles. The number of nitrogens with one attached hydrogen (secondary N) is 1. The van der Waals surface area contributed by atoms with Gasteiger partial charge < -0.3 is 14.7 Å². The Morgan fingerprint density at radius 1 is 1.06 bits per heavy atom. The molecule has 1 aromatic heterocycles. The molecule has 1 aromatic carbocycles. The van der Waals surface area contributed by atoms with Crippen molar-refractivity contribution in [2.45, 2.75) is 38.1 Å². The average molecular weight is 506 g/mol. The van der Waals surface area contributed by atoms with Crippen molar-refractivity contribution >= 4 is 40.9 Å². The minimum absolute atomic E-state index is 0.0525. The molecular weight excluding hydrogens is 477 g/mol. The molecule has 8 nitrogen and oxygen atoms in total. The lowest BCUT2D eigenvalue weighted by Gasteiger charge is -2.44. The second kappa shape index (κ2) is 10.4. The number of hydrogen-bond acceptors (Lipinski definition) is 4. The number of aromatic amines is 1. The summed E-state index contributed by atoms with van der Waals surface area (Å²) >= 11 is 12.5. The van der Waals surface area contributed by atoms with Gasteiger partial charge in [-0.2, -0.15) is 5.10 Å². The highest BCUT2D eigenvalue weighted by molar-refractivity contribution is 6.42. The number of benzene rings is 1. The number of amides is 3. The van der Waals surface area contributed by atoms with Gasteiger partial charge in [0.15, 0.2) is 0 Å². The number of piperidine rings is 2. The first-order valence-electron chi connectivity index (χ1n) is 11.5. The maximum atomic E-state index is 13.4. The van der Waals surface area contributed by atoms with Gasteiger partial charge in [0.25, 0.3) is 5.91 Å². The number of H-pyrrole nitrogens is 1. The summed E-state index contributed by atoms with van der Waals surface area (Å²) in [5, 5.41) is 7.49. The molecule has 0 radical (unpaired) electrons. The summed E-state index contributed by atoms with van der Waals surface area (Å²) < 4.78 is 0. The Morgan fingerprint density at radius 2 is 1.76 bits per heavy atom. The fourth-order valence-electron chi connectivity index (χ4n) is 5.10. The summed E-state index contributed by atoms with van der Waals surface area (Å²) in [6.07, 6.45) is 5.09. The fraction of sp³-hybridized carbons (Fsp3) is 0.500. The molecule has 4 rings (SSSR count). The van der Waals surface area contributed by atoms with Crippen LogP contribution in [0, 0.1) is 5.92 Å². The number of likely N-dealkylation sites (tertiary alicyclic amines) is 2. The zero-order valence-corrected chi connectivity index (χ0v) is 20.8. The molecule has 34 heavy (non-hydrogen) atoms. The van der Waals surface area contributed by atoms with Gasteiger partial charge in [-0.1, -0.05) is 29.3 Å². The molecule has 2 saturated heterocycles. The van der Waals surface area contributed by atoms with E-state index in [1.807, 2.05) is 17.0 Å². The van der Waals surface area contributed by atoms with Gasteiger partial charge in [-0.3, -0.25) is 19.5 Å². The number of nitrogens with zero attached hydrogens (tertiary/aromatic N) is 4. The smallest absolute Gasteiger partial charge is 0.257 e. The first kappa shape index (κ1) is 24.5. The quantitative estimate of drug-likeness (QED) is 0.688. The van der Waals surface area contributed by atoms with E-state index in [2.05, 4.69) is 10.2 Å². The van der Waals surface area contributed by atoms with Gasteiger partial charge in [0, 0.05) is 64.2 Å². The Bertz CT molecular complexity index is 1050. The normalized spacial score (nSPS) is 21.4. The molecule has 10 heteroatoms. The predicted molar refractivity (Wildman–Crippen MR) is 130 cm³/mol. The highest BCUT2D eigenvalue weighted by Crippen LogP contribution is 2.35. The molecule has 1 N–H and O–H groups in total. The molecule has 2 unspecified atom stereocenters. The number of likely N-dealkylation sites (N-methyl/N-ethyl adjacent to an activating group) is 1. The number of halogens is 2. The zero-order valence-electron chi connectivity index (χ0n) is 19.3. The van der Waals surface area contributed by atoms with Crippen LogP contribution < -0.4 is 0 Å². The lowest BCUT2D eigenvalue weighted by atomic mass is 9.83. The third kappa shape index (κ3) is 5.08. The van der Waals surface area contributed by atoms with Gasteiger partial charge in [-0.05, 0) is 37.0 Å². The first-order valence-corrected chi connectivity index (χ1v) is 12.3. The lowest BCUT2D eigenvalue weighted by molar-refractivity contribution is -0.141. The number of carbonyl (C=O) groups excluding carboxylic acids is 3. The minimum atomic E-state index is -0.125. The predicted octanol–water partition coefficient (Wildman–Crippen LogP) is 3.43. The van der Waals surface area contributed by atoms with Gasteiger partial charge in [0.1, 0.15) is 0 Å². The number of carbonyl (C=O) groups is 3. The van der Waals surface area contributed by atoms with E-state index in [4.69, 9.17) is 23.2 Å². The van der Waals surface area contributed by atoms with Crippen LogP contribution >= 0.6 is 23.2 Å². The molecule has 2 fully saturated rings. The van der Waals surface area contributed by atoms with Crippen molar-refractivity contribution in [3.05, 3.63) is 51.8 Å². The van der Waals surface area contributed by atoms with Crippen LogP contribution in [0.3, 0.4) is 0 Å². The van der Waals surface area contributed by atoms with E-state index in [-0.39, 0.29) is 35.6 Å². The summed E-state index contributed by atoms with van der Waals surface area (Å²) in [6.45, 7) is 3.84. The summed E-state index contributed by atoms with van der Waals surface area (Å²) in [7, 11) is 1.79. The summed E-state index contributed by atoms with van der Waals surface area (Å²) in [4.78, 5) is 43.6. The molecule has 2 aromatic rings. The van der Waals surface area contributed by atoms with Crippen molar-refractivity contribution in [2.75, 3.05) is 33.2 Å². The zero-order chi connectivity index (χ0) is 24.4. The third-order valence-corrected chi connectivity index (χ3v) is 7.85. The van der Waals surface area contributed by atoms with Gasteiger partial charge in [0.05, 0.1) is 21.8 Å². The van der Waals surface area contributed by atoms with E-state index in [0.29, 0.717) is 61.1 Å². The molecule has 182 valence electrons. The van der Waals surface area contributed by atoms with Crippen molar-refractivity contribution in [3.8, 4) is 0 Å². The van der Waals surface area contributed by atoms with Crippen molar-refractivity contribution in [1.29, 1.82) is 0 Å². The van der Waals surface area contributed by atoms with E-state index < -0.39 is 0 Å². The molecule has 3 heterocycles. The van der Waals surface area contributed by atoms with Gasteiger partial charge in [-0.25, -0.2) is 0 Å². The minimum Gasteiger partial charge on any atom is -0.343 e.